The molecule has 2 heteroatoms. The van der Waals surface area contributed by atoms with Crippen molar-refractivity contribution in [3.8, 4) is 11.3 Å². The number of benzene rings is 2. The van der Waals surface area contributed by atoms with Gasteiger partial charge in [-0.1, -0.05) is 36.4 Å². The van der Waals surface area contributed by atoms with Gasteiger partial charge < -0.3 is 9.73 Å². The molecule has 0 amide bonds. The molecule has 0 aliphatic heterocycles. The Hall–Kier alpha value is -2.06. The fraction of sp³-hybridized carbons (Fsp3) is 0.125. The number of rotatable bonds is 3. The van der Waals surface area contributed by atoms with Crippen LogP contribution in [0.3, 0.4) is 0 Å². The molecule has 3 aromatic rings. The van der Waals surface area contributed by atoms with E-state index in [4.69, 9.17) is 4.42 Å². The zero-order chi connectivity index (χ0) is 12.4. The van der Waals surface area contributed by atoms with E-state index in [0.717, 1.165) is 23.6 Å². The second kappa shape index (κ2) is 4.67. The SMILES string of the molecule is CNCc1ccc(-c2ccc3ccccc3c2)o1. The molecule has 1 heterocycles. The van der Waals surface area contributed by atoms with Gasteiger partial charge in [0.2, 0.25) is 0 Å². The third-order valence-electron chi connectivity index (χ3n) is 3.05. The summed E-state index contributed by atoms with van der Waals surface area (Å²) in [5.41, 5.74) is 1.12. The Kier molecular flexibility index (Phi) is 2.87. The number of hydrogen-bond donors (Lipinski definition) is 1. The van der Waals surface area contributed by atoms with Crippen molar-refractivity contribution < 1.29 is 4.42 Å². The van der Waals surface area contributed by atoms with E-state index in [1.54, 1.807) is 0 Å². The van der Waals surface area contributed by atoms with Crippen LogP contribution in [-0.2, 0) is 6.54 Å². The molecule has 1 N–H and O–H groups in total. The highest BCUT2D eigenvalue weighted by molar-refractivity contribution is 5.86. The molecule has 0 unspecified atom stereocenters. The smallest absolute Gasteiger partial charge is 0.134 e. The van der Waals surface area contributed by atoms with E-state index in [9.17, 15) is 0 Å². The summed E-state index contributed by atoms with van der Waals surface area (Å²) in [7, 11) is 1.91. The van der Waals surface area contributed by atoms with Crippen LogP contribution in [0.1, 0.15) is 5.76 Å². The first-order chi connectivity index (χ1) is 8.86. The third kappa shape index (κ3) is 2.03. The van der Waals surface area contributed by atoms with Gasteiger partial charge in [0.15, 0.2) is 0 Å². The van der Waals surface area contributed by atoms with Crippen molar-refractivity contribution >= 4 is 10.8 Å². The summed E-state index contributed by atoms with van der Waals surface area (Å²) in [5, 5.41) is 5.58. The van der Waals surface area contributed by atoms with Gasteiger partial charge in [-0.25, -0.2) is 0 Å². The Labute approximate surface area is 106 Å². The van der Waals surface area contributed by atoms with Crippen molar-refractivity contribution in [1.29, 1.82) is 0 Å². The van der Waals surface area contributed by atoms with Crippen LogP contribution in [0.5, 0.6) is 0 Å². The molecule has 0 aliphatic rings. The van der Waals surface area contributed by atoms with Crippen molar-refractivity contribution in [3.05, 3.63) is 60.4 Å². The molecule has 0 bridgehead atoms. The molecule has 2 aromatic carbocycles. The summed E-state index contributed by atoms with van der Waals surface area (Å²) < 4.78 is 5.80. The Bertz CT molecular complexity index is 669. The molecular formula is C16H15NO. The number of furan rings is 1. The maximum atomic E-state index is 5.80. The molecule has 3 rings (SSSR count). The summed E-state index contributed by atoms with van der Waals surface area (Å²) in [6, 6.07) is 18.8. The Balaban J connectivity index is 2.02. The molecule has 90 valence electrons. The van der Waals surface area contributed by atoms with Gasteiger partial charge in [0, 0.05) is 5.56 Å². The van der Waals surface area contributed by atoms with Crippen molar-refractivity contribution in [2.75, 3.05) is 7.05 Å². The van der Waals surface area contributed by atoms with Crippen molar-refractivity contribution in [2.45, 2.75) is 6.54 Å². The van der Waals surface area contributed by atoms with Gasteiger partial charge in [0.05, 0.1) is 6.54 Å². The fourth-order valence-corrected chi connectivity index (χ4v) is 2.14. The van der Waals surface area contributed by atoms with Crippen LogP contribution >= 0.6 is 0 Å². The molecule has 0 saturated carbocycles. The van der Waals surface area contributed by atoms with E-state index in [1.165, 1.54) is 10.8 Å². The minimum absolute atomic E-state index is 0.758. The van der Waals surface area contributed by atoms with Crippen LogP contribution in [0, 0.1) is 0 Å². The van der Waals surface area contributed by atoms with Crippen LogP contribution in [0.15, 0.2) is 59.0 Å². The lowest BCUT2D eigenvalue weighted by Crippen LogP contribution is -2.03. The molecular weight excluding hydrogens is 222 g/mol. The summed E-state index contributed by atoms with van der Waals surface area (Å²) in [6.07, 6.45) is 0. The predicted molar refractivity (Wildman–Crippen MR) is 74.4 cm³/mol. The van der Waals surface area contributed by atoms with E-state index in [1.807, 2.05) is 19.2 Å². The monoisotopic (exact) mass is 237 g/mol. The maximum absolute atomic E-state index is 5.80. The minimum Gasteiger partial charge on any atom is -0.460 e. The van der Waals surface area contributed by atoms with Crippen molar-refractivity contribution in [3.63, 3.8) is 0 Å². The topological polar surface area (TPSA) is 25.2 Å². The molecule has 0 fully saturated rings. The molecule has 0 atom stereocenters. The molecule has 0 saturated heterocycles. The fourth-order valence-electron chi connectivity index (χ4n) is 2.14. The molecule has 0 aliphatic carbocycles. The van der Waals surface area contributed by atoms with Crippen LogP contribution in [0.25, 0.3) is 22.1 Å². The lowest BCUT2D eigenvalue weighted by atomic mass is 10.1. The van der Waals surface area contributed by atoms with Gasteiger partial charge in [-0.2, -0.15) is 0 Å². The van der Waals surface area contributed by atoms with Crippen LogP contribution < -0.4 is 5.32 Å². The Morgan fingerprint density at radius 3 is 2.61 bits per heavy atom. The van der Waals surface area contributed by atoms with Crippen LogP contribution in [0.2, 0.25) is 0 Å². The average molecular weight is 237 g/mol. The molecule has 0 spiro atoms. The first-order valence-electron chi connectivity index (χ1n) is 6.09. The third-order valence-corrected chi connectivity index (χ3v) is 3.05. The lowest BCUT2D eigenvalue weighted by molar-refractivity contribution is 0.507. The normalized spacial score (nSPS) is 10.9. The Morgan fingerprint density at radius 2 is 1.78 bits per heavy atom. The zero-order valence-electron chi connectivity index (χ0n) is 10.3. The highest BCUT2D eigenvalue weighted by atomic mass is 16.3. The van der Waals surface area contributed by atoms with Crippen molar-refractivity contribution in [1.82, 2.24) is 5.32 Å². The van der Waals surface area contributed by atoms with Gasteiger partial charge in [0.25, 0.3) is 0 Å². The van der Waals surface area contributed by atoms with E-state index in [-0.39, 0.29) is 0 Å². The number of hydrogen-bond acceptors (Lipinski definition) is 2. The molecule has 0 radical (unpaired) electrons. The van der Waals surface area contributed by atoms with Gasteiger partial charge in [-0.15, -0.1) is 0 Å². The predicted octanol–water partition coefficient (Wildman–Crippen LogP) is 3.82. The van der Waals surface area contributed by atoms with Gasteiger partial charge in [-0.05, 0) is 36.0 Å². The second-order valence-electron chi connectivity index (χ2n) is 4.36. The van der Waals surface area contributed by atoms with E-state index in [0.29, 0.717) is 0 Å². The van der Waals surface area contributed by atoms with E-state index in [2.05, 4.69) is 47.8 Å². The first-order valence-corrected chi connectivity index (χ1v) is 6.09. The van der Waals surface area contributed by atoms with E-state index >= 15 is 0 Å². The largest absolute Gasteiger partial charge is 0.460 e. The Morgan fingerprint density at radius 1 is 0.944 bits per heavy atom. The van der Waals surface area contributed by atoms with Crippen molar-refractivity contribution in [2.24, 2.45) is 0 Å². The number of nitrogens with one attached hydrogen (secondary N) is 1. The summed E-state index contributed by atoms with van der Waals surface area (Å²) in [4.78, 5) is 0. The lowest BCUT2D eigenvalue weighted by Gasteiger charge is -2.01. The van der Waals surface area contributed by atoms with E-state index < -0.39 is 0 Å². The second-order valence-corrected chi connectivity index (χ2v) is 4.36. The quantitative estimate of drug-likeness (QED) is 0.749. The summed E-state index contributed by atoms with van der Waals surface area (Å²) in [5.74, 6) is 1.88. The maximum Gasteiger partial charge on any atom is 0.134 e. The minimum atomic E-state index is 0.758. The zero-order valence-corrected chi connectivity index (χ0v) is 10.3. The van der Waals surface area contributed by atoms with Gasteiger partial charge in [0.1, 0.15) is 11.5 Å². The van der Waals surface area contributed by atoms with Crippen LogP contribution in [-0.4, -0.2) is 7.05 Å². The highest BCUT2D eigenvalue weighted by Crippen LogP contribution is 2.26. The van der Waals surface area contributed by atoms with Crippen LogP contribution in [0.4, 0.5) is 0 Å². The molecule has 1 aromatic heterocycles. The standard InChI is InChI=1S/C16H15NO/c1-17-11-15-8-9-16(18-15)14-7-6-12-4-2-3-5-13(12)10-14/h2-10,17H,11H2,1H3. The molecule has 18 heavy (non-hydrogen) atoms. The highest BCUT2D eigenvalue weighted by Gasteiger charge is 2.04. The molecule has 2 nitrogen and oxygen atoms in total. The summed E-state index contributed by atoms with van der Waals surface area (Å²) >= 11 is 0. The first kappa shape index (κ1) is 11.1. The van der Waals surface area contributed by atoms with Gasteiger partial charge >= 0.3 is 0 Å². The number of fused-ring (bicyclic) bond motifs is 1. The summed E-state index contributed by atoms with van der Waals surface area (Å²) in [6.45, 7) is 0.758. The van der Waals surface area contributed by atoms with Gasteiger partial charge in [-0.3, -0.25) is 0 Å². The average Bonchev–Trinajstić information content (AvgIpc) is 2.87.